The normalized spacial score (nSPS) is 16.3. The summed E-state index contributed by atoms with van der Waals surface area (Å²) in [6.45, 7) is 7.50. The van der Waals surface area contributed by atoms with E-state index in [0.29, 0.717) is 13.1 Å². The van der Waals surface area contributed by atoms with E-state index >= 15 is 0 Å². The lowest BCUT2D eigenvalue weighted by Gasteiger charge is -2.35. The van der Waals surface area contributed by atoms with Gasteiger partial charge in [0.2, 0.25) is 5.91 Å². The number of piperazine rings is 1. The molecule has 1 aromatic carbocycles. The Morgan fingerprint density at radius 3 is 2.64 bits per heavy atom. The second-order valence-corrected chi connectivity index (χ2v) is 6.11. The Labute approximate surface area is 133 Å². The first kappa shape index (κ1) is 16.9. The largest absolute Gasteiger partial charge is 0.395 e. The summed E-state index contributed by atoms with van der Waals surface area (Å²) in [5.41, 5.74) is 2.63. The molecule has 5 nitrogen and oxygen atoms in total. The summed E-state index contributed by atoms with van der Waals surface area (Å²) in [6, 6.07) is 8.60. The molecule has 22 heavy (non-hydrogen) atoms. The molecule has 0 bridgehead atoms. The van der Waals surface area contributed by atoms with Gasteiger partial charge in [-0.05, 0) is 19.5 Å². The molecule has 0 saturated carbocycles. The summed E-state index contributed by atoms with van der Waals surface area (Å²) >= 11 is 0. The maximum Gasteiger partial charge on any atom is 0.236 e. The number of amides is 1. The molecular weight excluding hydrogens is 278 g/mol. The zero-order valence-corrected chi connectivity index (χ0v) is 13.7. The van der Waals surface area contributed by atoms with Crippen LogP contribution in [0.3, 0.4) is 0 Å². The Morgan fingerprint density at radius 2 is 2.00 bits per heavy atom. The molecule has 0 spiro atoms. The Bertz CT molecular complexity index is 485. The van der Waals surface area contributed by atoms with Crippen LogP contribution >= 0.6 is 0 Å². The van der Waals surface area contributed by atoms with E-state index in [0.717, 1.165) is 32.7 Å². The van der Waals surface area contributed by atoms with Crippen LogP contribution in [0.2, 0.25) is 0 Å². The van der Waals surface area contributed by atoms with Gasteiger partial charge in [-0.25, -0.2) is 0 Å². The Kier molecular flexibility index (Phi) is 6.36. The van der Waals surface area contributed by atoms with Crippen molar-refractivity contribution in [1.29, 1.82) is 0 Å². The Hall–Kier alpha value is -1.43. The number of nitrogens with zero attached hydrogens (tertiary/aromatic N) is 3. The molecule has 1 amide bonds. The molecule has 0 aromatic heterocycles. The summed E-state index contributed by atoms with van der Waals surface area (Å²) in [5.74, 6) is 0.158. The number of aliphatic hydroxyl groups is 1. The molecular formula is C17H27N3O2. The van der Waals surface area contributed by atoms with Crippen molar-refractivity contribution in [3.05, 3.63) is 35.4 Å². The highest BCUT2D eigenvalue weighted by molar-refractivity contribution is 5.78. The number of hydrogen-bond acceptors (Lipinski definition) is 4. The molecule has 0 atom stereocenters. The predicted octanol–water partition coefficient (Wildman–Crippen LogP) is 0.563. The number of benzene rings is 1. The molecule has 1 aliphatic rings. The van der Waals surface area contributed by atoms with Crippen LogP contribution in [-0.4, -0.2) is 78.6 Å². The number of carbonyl (C=O) groups is 1. The third-order valence-corrected chi connectivity index (χ3v) is 4.10. The summed E-state index contributed by atoms with van der Waals surface area (Å²) in [4.78, 5) is 18.4. The predicted molar refractivity (Wildman–Crippen MR) is 87.6 cm³/mol. The van der Waals surface area contributed by atoms with Crippen LogP contribution in [0.4, 0.5) is 0 Å². The molecule has 1 fully saturated rings. The minimum atomic E-state index is 0.0913. The Balaban J connectivity index is 1.76. The minimum Gasteiger partial charge on any atom is -0.395 e. The van der Waals surface area contributed by atoms with Crippen LogP contribution in [0.1, 0.15) is 11.1 Å². The number of hydrogen-bond donors (Lipinski definition) is 1. The van der Waals surface area contributed by atoms with Crippen LogP contribution < -0.4 is 0 Å². The van der Waals surface area contributed by atoms with Crippen molar-refractivity contribution in [2.24, 2.45) is 0 Å². The molecule has 1 aromatic rings. The van der Waals surface area contributed by atoms with Gasteiger partial charge in [0.25, 0.3) is 0 Å². The van der Waals surface area contributed by atoms with Gasteiger partial charge in [0.15, 0.2) is 0 Å². The molecule has 122 valence electrons. The summed E-state index contributed by atoms with van der Waals surface area (Å²) in [5, 5.41) is 8.88. The lowest BCUT2D eigenvalue weighted by atomic mass is 10.1. The average molecular weight is 305 g/mol. The molecule has 5 heteroatoms. The third kappa shape index (κ3) is 5.09. The first-order chi connectivity index (χ1) is 10.6. The fourth-order valence-electron chi connectivity index (χ4n) is 2.80. The highest BCUT2D eigenvalue weighted by atomic mass is 16.3. The molecule has 1 N–H and O–H groups in total. The van der Waals surface area contributed by atoms with Crippen molar-refractivity contribution in [3.63, 3.8) is 0 Å². The second kappa shape index (κ2) is 8.27. The van der Waals surface area contributed by atoms with Gasteiger partial charge < -0.3 is 10.0 Å². The van der Waals surface area contributed by atoms with E-state index in [-0.39, 0.29) is 12.5 Å². The smallest absolute Gasteiger partial charge is 0.236 e. The summed E-state index contributed by atoms with van der Waals surface area (Å²) in [7, 11) is 1.86. The van der Waals surface area contributed by atoms with Crippen LogP contribution in [0.5, 0.6) is 0 Å². The van der Waals surface area contributed by atoms with Crippen molar-refractivity contribution in [2.45, 2.75) is 13.5 Å². The lowest BCUT2D eigenvalue weighted by molar-refractivity contribution is -0.134. The number of rotatable bonds is 6. The molecule has 0 aliphatic carbocycles. The fraction of sp³-hybridized carbons (Fsp3) is 0.588. The topological polar surface area (TPSA) is 47.0 Å². The van der Waals surface area contributed by atoms with Crippen molar-refractivity contribution < 1.29 is 9.90 Å². The van der Waals surface area contributed by atoms with Gasteiger partial charge in [-0.2, -0.15) is 0 Å². The second-order valence-electron chi connectivity index (χ2n) is 6.11. The molecule has 2 rings (SSSR count). The van der Waals surface area contributed by atoms with Crippen molar-refractivity contribution >= 4 is 5.91 Å². The molecule has 1 aliphatic heterocycles. The zero-order valence-electron chi connectivity index (χ0n) is 13.7. The van der Waals surface area contributed by atoms with E-state index in [9.17, 15) is 4.79 Å². The van der Waals surface area contributed by atoms with Gasteiger partial charge in [-0.15, -0.1) is 0 Å². The standard InChI is InChI=1S/C17H27N3O2/c1-15-4-3-5-16(12-15)13-19-6-8-20(9-7-19)17(22)14-18(2)10-11-21/h3-5,12,21H,6-11,13-14H2,1-2H3. The Morgan fingerprint density at radius 1 is 1.27 bits per heavy atom. The number of aliphatic hydroxyl groups excluding tert-OH is 1. The first-order valence-electron chi connectivity index (χ1n) is 7.93. The van der Waals surface area contributed by atoms with E-state index in [2.05, 4.69) is 36.1 Å². The van der Waals surface area contributed by atoms with E-state index in [4.69, 9.17) is 5.11 Å². The van der Waals surface area contributed by atoms with Crippen LogP contribution in [0, 0.1) is 6.92 Å². The van der Waals surface area contributed by atoms with Gasteiger partial charge in [0.1, 0.15) is 0 Å². The zero-order chi connectivity index (χ0) is 15.9. The SMILES string of the molecule is Cc1cccc(CN2CCN(C(=O)CN(C)CCO)CC2)c1. The van der Waals surface area contributed by atoms with Crippen LogP contribution in [-0.2, 0) is 11.3 Å². The van der Waals surface area contributed by atoms with Gasteiger partial charge in [0.05, 0.1) is 13.2 Å². The molecule has 0 unspecified atom stereocenters. The van der Waals surface area contributed by atoms with E-state index in [1.807, 2.05) is 16.8 Å². The molecule has 1 heterocycles. The molecule has 0 radical (unpaired) electrons. The number of likely N-dealkylation sites (N-methyl/N-ethyl adjacent to an activating group) is 1. The van der Waals surface area contributed by atoms with E-state index in [1.165, 1.54) is 11.1 Å². The van der Waals surface area contributed by atoms with Crippen molar-refractivity contribution in [3.8, 4) is 0 Å². The highest BCUT2D eigenvalue weighted by Gasteiger charge is 2.21. The molecule has 1 saturated heterocycles. The number of aryl methyl sites for hydroxylation is 1. The highest BCUT2D eigenvalue weighted by Crippen LogP contribution is 2.10. The minimum absolute atomic E-state index is 0.0913. The summed E-state index contributed by atoms with van der Waals surface area (Å²) < 4.78 is 0. The maximum absolute atomic E-state index is 12.2. The lowest BCUT2D eigenvalue weighted by Crippen LogP contribution is -2.50. The van der Waals surface area contributed by atoms with Crippen LogP contribution in [0.15, 0.2) is 24.3 Å². The van der Waals surface area contributed by atoms with Crippen molar-refractivity contribution in [1.82, 2.24) is 14.7 Å². The quantitative estimate of drug-likeness (QED) is 0.834. The number of carbonyl (C=O) groups excluding carboxylic acids is 1. The summed E-state index contributed by atoms with van der Waals surface area (Å²) in [6.07, 6.45) is 0. The van der Waals surface area contributed by atoms with Gasteiger partial charge in [0, 0.05) is 39.3 Å². The first-order valence-corrected chi connectivity index (χ1v) is 7.93. The van der Waals surface area contributed by atoms with Gasteiger partial charge in [-0.3, -0.25) is 14.6 Å². The van der Waals surface area contributed by atoms with Crippen LogP contribution in [0.25, 0.3) is 0 Å². The van der Waals surface area contributed by atoms with Gasteiger partial charge in [-0.1, -0.05) is 29.8 Å². The van der Waals surface area contributed by atoms with E-state index in [1.54, 1.807) is 0 Å². The third-order valence-electron chi connectivity index (χ3n) is 4.10. The fourth-order valence-corrected chi connectivity index (χ4v) is 2.80. The average Bonchev–Trinajstić information content (AvgIpc) is 2.48. The van der Waals surface area contributed by atoms with Gasteiger partial charge >= 0.3 is 0 Å². The maximum atomic E-state index is 12.2. The monoisotopic (exact) mass is 305 g/mol. The van der Waals surface area contributed by atoms with E-state index < -0.39 is 0 Å². The van der Waals surface area contributed by atoms with Crippen molar-refractivity contribution in [2.75, 3.05) is 52.9 Å².